The van der Waals surface area contributed by atoms with Crippen LogP contribution in [0.15, 0.2) is 42.6 Å². The lowest BCUT2D eigenvalue weighted by atomic mass is 10.1. The summed E-state index contributed by atoms with van der Waals surface area (Å²) in [5.41, 5.74) is 1.65. The van der Waals surface area contributed by atoms with Crippen LogP contribution in [0.25, 0.3) is 0 Å². The zero-order chi connectivity index (χ0) is 15.9. The first kappa shape index (κ1) is 16.1. The van der Waals surface area contributed by atoms with E-state index in [0.29, 0.717) is 11.4 Å². The third-order valence-electron chi connectivity index (χ3n) is 3.46. The third kappa shape index (κ3) is 4.36. The monoisotopic (exact) mass is 301 g/mol. The van der Waals surface area contributed by atoms with Crippen LogP contribution in [0.4, 0.5) is 10.2 Å². The number of benzene rings is 1. The largest absolute Gasteiger partial charge is 0.307 e. The maximum Gasteiger partial charge on any atom is 0.256 e. The number of aromatic nitrogens is 1. The molecule has 2 rings (SSSR count). The van der Waals surface area contributed by atoms with Gasteiger partial charge < -0.3 is 5.32 Å². The van der Waals surface area contributed by atoms with Gasteiger partial charge in [0.2, 0.25) is 0 Å². The number of halogens is 1. The second-order valence-electron chi connectivity index (χ2n) is 4.98. The van der Waals surface area contributed by atoms with Gasteiger partial charge in [-0.1, -0.05) is 26.0 Å². The van der Waals surface area contributed by atoms with Gasteiger partial charge in [0.05, 0.1) is 6.20 Å². The van der Waals surface area contributed by atoms with Crippen molar-refractivity contribution in [3.63, 3.8) is 0 Å². The second-order valence-corrected chi connectivity index (χ2v) is 4.98. The fourth-order valence-corrected chi connectivity index (χ4v) is 2.15. The van der Waals surface area contributed by atoms with Gasteiger partial charge in [-0.2, -0.15) is 0 Å². The van der Waals surface area contributed by atoms with Crippen LogP contribution >= 0.6 is 0 Å². The predicted molar refractivity (Wildman–Crippen MR) is 85.2 cm³/mol. The molecule has 4 nitrogen and oxygen atoms in total. The Kier molecular flexibility index (Phi) is 5.61. The molecule has 0 saturated heterocycles. The summed E-state index contributed by atoms with van der Waals surface area (Å²) >= 11 is 0. The summed E-state index contributed by atoms with van der Waals surface area (Å²) in [5.74, 6) is -0.347. The van der Waals surface area contributed by atoms with E-state index in [1.54, 1.807) is 6.07 Å². The van der Waals surface area contributed by atoms with Crippen LogP contribution in [0, 0.1) is 5.82 Å². The van der Waals surface area contributed by atoms with Gasteiger partial charge in [0, 0.05) is 12.1 Å². The fraction of sp³-hybridized carbons (Fsp3) is 0.294. The maximum atomic E-state index is 12.8. The molecule has 0 fully saturated rings. The van der Waals surface area contributed by atoms with Crippen molar-refractivity contribution in [2.45, 2.75) is 20.4 Å². The Morgan fingerprint density at radius 2 is 2.00 bits per heavy atom. The van der Waals surface area contributed by atoms with E-state index >= 15 is 0 Å². The van der Waals surface area contributed by atoms with E-state index in [-0.39, 0.29) is 5.91 Å². The fourth-order valence-electron chi connectivity index (χ4n) is 2.15. The Morgan fingerprint density at radius 3 is 2.64 bits per heavy atom. The average Bonchev–Trinajstić information content (AvgIpc) is 2.55. The molecule has 0 spiro atoms. The molecule has 0 saturated carbocycles. The summed E-state index contributed by atoms with van der Waals surface area (Å²) in [4.78, 5) is 18.3. The molecule has 0 bridgehead atoms. The SMILES string of the molecule is CCN(CC)Cc1cccc(C(=O)Nc2ccc(F)cn2)c1. The number of pyridine rings is 1. The number of rotatable bonds is 6. The first-order valence-electron chi connectivity index (χ1n) is 7.36. The first-order valence-corrected chi connectivity index (χ1v) is 7.36. The van der Waals surface area contributed by atoms with Gasteiger partial charge in [0.15, 0.2) is 0 Å². The minimum atomic E-state index is -0.431. The van der Waals surface area contributed by atoms with Gasteiger partial charge in [-0.15, -0.1) is 0 Å². The number of amides is 1. The number of carbonyl (C=O) groups is 1. The molecule has 0 atom stereocenters. The van der Waals surface area contributed by atoms with Gasteiger partial charge in [-0.3, -0.25) is 9.69 Å². The number of hydrogen-bond acceptors (Lipinski definition) is 3. The van der Waals surface area contributed by atoms with Crippen molar-refractivity contribution in [3.05, 3.63) is 59.5 Å². The minimum Gasteiger partial charge on any atom is -0.307 e. The van der Waals surface area contributed by atoms with Gasteiger partial charge in [-0.25, -0.2) is 9.37 Å². The second kappa shape index (κ2) is 7.66. The number of hydrogen-bond donors (Lipinski definition) is 1. The highest BCUT2D eigenvalue weighted by Crippen LogP contribution is 2.11. The molecule has 116 valence electrons. The Morgan fingerprint density at radius 1 is 1.23 bits per heavy atom. The minimum absolute atomic E-state index is 0.250. The topological polar surface area (TPSA) is 45.2 Å². The van der Waals surface area contributed by atoms with Crippen LogP contribution in [0.3, 0.4) is 0 Å². The summed E-state index contributed by atoms with van der Waals surface area (Å²) in [6.45, 7) is 6.96. The Labute approximate surface area is 130 Å². The van der Waals surface area contributed by atoms with Crippen molar-refractivity contribution >= 4 is 11.7 Å². The molecule has 1 aromatic heterocycles. The molecular formula is C17H20FN3O. The summed E-state index contributed by atoms with van der Waals surface area (Å²) in [6, 6.07) is 10.2. The molecule has 0 aliphatic heterocycles. The first-order chi connectivity index (χ1) is 10.6. The van der Waals surface area contributed by atoms with Crippen molar-refractivity contribution in [2.75, 3.05) is 18.4 Å². The lowest BCUT2D eigenvalue weighted by molar-refractivity contribution is 0.102. The Hall–Kier alpha value is -2.27. The Balaban J connectivity index is 2.08. The third-order valence-corrected chi connectivity index (χ3v) is 3.46. The molecule has 1 heterocycles. The zero-order valence-electron chi connectivity index (χ0n) is 12.8. The maximum absolute atomic E-state index is 12.8. The molecule has 0 aliphatic rings. The van der Waals surface area contributed by atoms with Crippen molar-refractivity contribution in [1.29, 1.82) is 0 Å². The number of carbonyl (C=O) groups excluding carboxylic acids is 1. The molecule has 2 aromatic rings. The molecule has 0 unspecified atom stereocenters. The zero-order valence-corrected chi connectivity index (χ0v) is 12.8. The smallest absolute Gasteiger partial charge is 0.256 e. The van der Waals surface area contributed by atoms with Crippen LogP contribution in [-0.4, -0.2) is 28.9 Å². The van der Waals surface area contributed by atoms with Gasteiger partial charge in [0.1, 0.15) is 11.6 Å². The molecule has 1 N–H and O–H groups in total. The van der Waals surface area contributed by atoms with E-state index in [1.807, 2.05) is 18.2 Å². The highest BCUT2D eigenvalue weighted by Gasteiger charge is 2.09. The molecule has 1 aromatic carbocycles. The number of nitrogens with zero attached hydrogens (tertiary/aromatic N) is 2. The molecule has 0 aliphatic carbocycles. The molecule has 5 heteroatoms. The van der Waals surface area contributed by atoms with Crippen LogP contribution < -0.4 is 5.32 Å². The lowest BCUT2D eigenvalue weighted by Gasteiger charge is -2.18. The van der Waals surface area contributed by atoms with Crippen molar-refractivity contribution in [2.24, 2.45) is 0 Å². The van der Waals surface area contributed by atoms with Crippen molar-refractivity contribution in [3.8, 4) is 0 Å². The van der Waals surface area contributed by atoms with E-state index < -0.39 is 5.82 Å². The summed E-state index contributed by atoms with van der Waals surface area (Å²) < 4.78 is 12.8. The predicted octanol–water partition coefficient (Wildman–Crippen LogP) is 3.31. The van der Waals surface area contributed by atoms with Crippen LogP contribution in [0.1, 0.15) is 29.8 Å². The summed E-state index contributed by atoms with van der Waals surface area (Å²) in [5, 5.41) is 2.66. The highest BCUT2D eigenvalue weighted by molar-refractivity contribution is 6.03. The van der Waals surface area contributed by atoms with Crippen LogP contribution in [0.5, 0.6) is 0 Å². The van der Waals surface area contributed by atoms with Crippen LogP contribution in [-0.2, 0) is 6.54 Å². The summed E-state index contributed by atoms with van der Waals surface area (Å²) in [6.07, 6.45) is 1.08. The molecular weight excluding hydrogens is 281 g/mol. The molecule has 1 amide bonds. The van der Waals surface area contributed by atoms with E-state index in [2.05, 4.69) is 29.0 Å². The quantitative estimate of drug-likeness (QED) is 0.890. The van der Waals surface area contributed by atoms with E-state index in [0.717, 1.165) is 31.4 Å². The highest BCUT2D eigenvalue weighted by atomic mass is 19.1. The van der Waals surface area contributed by atoms with Gasteiger partial charge >= 0.3 is 0 Å². The lowest BCUT2D eigenvalue weighted by Crippen LogP contribution is -2.22. The van der Waals surface area contributed by atoms with E-state index in [9.17, 15) is 9.18 Å². The van der Waals surface area contributed by atoms with Gasteiger partial charge in [0.25, 0.3) is 5.91 Å². The summed E-state index contributed by atoms with van der Waals surface area (Å²) in [7, 11) is 0. The van der Waals surface area contributed by atoms with Crippen molar-refractivity contribution in [1.82, 2.24) is 9.88 Å². The molecule has 22 heavy (non-hydrogen) atoms. The molecule has 0 radical (unpaired) electrons. The van der Waals surface area contributed by atoms with Gasteiger partial charge in [-0.05, 0) is 42.9 Å². The average molecular weight is 301 g/mol. The van der Waals surface area contributed by atoms with Crippen LogP contribution in [0.2, 0.25) is 0 Å². The standard InChI is InChI=1S/C17H20FN3O/c1-3-21(4-2)12-13-6-5-7-14(10-13)17(22)20-16-9-8-15(18)11-19-16/h5-11H,3-4,12H2,1-2H3,(H,19,20,22). The normalized spacial score (nSPS) is 10.7. The number of anilines is 1. The Bertz CT molecular complexity index is 624. The van der Waals surface area contributed by atoms with E-state index in [1.165, 1.54) is 12.1 Å². The van der Waals surface area contributed by atoms with E-state index in [4.69, 9.17) is 0 Å². The van der Waals surface area contributed by atoms with Crippen molar-refractivity contribution < 1.29 is 9.18 Å². The number of nitrogens with one attached hydrogen (secondary N) is 1.